The highest BCUT2D eigenvalue weighted by atomic mass is 32.2. The van der Waals surface area contributed by atoms with Gasteiger partial charge in [-0.15, -0.1) is 29.7 Å². The lowest BCUT2D eigenvalue weighted by atomic mass is 10.0. The first-order valence-corrected chi connectivity index (χ1v) is 10.1. The molecule has 0 aliphatic heterocycles. The van der Waals surface area contributed by atoms with E-state index >= 15 is 0 Å². The molecule has 138 valence electrons. The van der Waals surface area contributed by atoms with Gasteiger partial charge in [-0.25, -0.2) is 4.79 Å². The molecule has 1 heterocycles. The summed E-state index contributed by atoms with van der Waals surface area (Å²) in [5.74, 6) is 1.11. The van der Waals surface area contributed by atoms with Gasteiger partial charge >= 0.3 is 5.97 Å². The van der Waals surface area contributed by atoms with Crippen LogP contribution in [-0.4, -0.2) is 37.1 Å². The number of hydrogen-bond donors (Lipinski definition) is 1. The summed E-state index contributed by atoms with van der Waals surface area (Å²) >= 11 is 2.77. The van der Waals surface area contributed by atoms with Crippen molar-refractivity contribution in [2.45, 2.75) is 6.92 Å². The number of hydrogen-bond acceptors (Lipinski definition) is 6. The predicted octanol–water partition coefficient (Wildman–Crippen LogP) is 4.46. The maximum absolute atomic E-state index is 12.5. The van der Waals surface area contributed by atoms with E-state index in [0.29, 0.717) is 22.1 Å². The third-order valence-corrected chi connectivity index (χ3v) is 5.23. The lowest BCUT2D eigenvalue weighted by Gasteiger charge is -2.09. The third-order valence-electron chi connectivity index (χ3n) is 3.39. The Morgan fingerprint density at radius 2 is 2.04 bits per heavy atom. The number of benzene rings is 1. The first-order chi connectivity index (χ1) is 12.6. The Balaban J connectivity index is 2.30. The molecule has 0 fully saturated rings. The molecule has 0 unspecified atom stereocenters. The van der Waals surface area contributed by atoms with Crippen LogP contribution in [0.4, 0.5) is 5.00 Å². The number of thiophene rings is 1. The standard InChI is InChI=1S/C19H21NO4S2/c1-4-10-25-12-16(21)20-18-17(19(22)24-5-2)15(11-26-18)13-6-8-14(23-3)9-7-13/h4,6-9,11H,1,5,10,12H2,2-3H3,(H,20,21). The quantitative estimate of drug-likeness (QED) is 0.388. The van der Waals surface area contributed by atoms with E-state index in [9.17, 15) is 9.59 Å². The Kier molecular flexibility index (Phi) is 7.74. The maximum atomic E-state index is 12.5. The van der Waals surface area contributed by atoms with Crippen LogP contribution in [0.1, 0.15) is 17.3 Å². The van der Waals surface area contributed by atoms with E-state index in [1.165, 1.54) is 23.1 Å². The molecule has 7 heteroatoms. The van der Waals surface area contributed by atoms with Crippen LogP contribution >= 0.6 is 23.1 Å². The zero-order valence-electron chi connectivity index (χ0n) is 14.7. The molecule has 1 aromatic carbocycles. The fourth-order valence-corrected chi connectivity index (χ4v) is 3.75. The summed E-state index contributed by atoms with van der Waals surface area (Å²) in [5.41, 5.74) is 1.96. The van der Waals surface area contributed by atoms with E-state index in [-0.39, 0.29) is 12.5 Å². The highest BCUT2D eigenvalue weighted by Gasteiger charge is 2.22. The molecule has 0 saturated heterocycles. The molecule has 2 aromatic rings. The molecule has 26 heavy (non-hydrogen) atoms. The molecule has 1 amide bonds. The van der Waals surface area contributed by atoms with E-state index in [2.05, 4.69) is 11.9 Å². The molecule has 0 aliphatic carbocycles. The van der Waals surface area contributed by atoms with Gasteiger partial charge in [-0.3, -0.25) is 4.79 Å². The predicted molar refractivity (Wildman–Crippen MR) is 108 cm³/mol. The van der Waals surface area contributed by atoms with Gasteiger partial charge in [0, 0.05) is 16.7 Å². The number of amides is 1. The second kappa shape index (κ2) is 10.0. The van der Waals surface area contributed by atoms with E-state index in [4.69, 9.17) is 9.47 Å². The molecule has 0 aliphatic rings. The molecule has 1 aromatic heterocycles. The Labute approximate surface area is 161 Å². The second-order valence-corrected chi connectivity index (χ2v) is 7.06. The minimum atomic E-state index is -0.450. The SMILES string of the molecule is C=CCSCC(=O)Nc1scc(-c2ccc(OC)cc2)c1C(=O)OCC. The van der Waals surface area contributed by atoms with Gasteiger partial charge in [0.1, 0.15) is 16.3 Å². The summed E-state index contributed by atoms with van der Waals surface area (Å²) in [6.07, 6.45) is 1.74. The average molecular weight is 392 g/mol. The van der Waals surface area contributed by atoms with Gasteiger partial charge in [-0.05, 0) is 24.6 Å². The van der Waals surface area contributed by atoms with Gasteiger partial charge in [0.2, 0.25) is 5.91 Å². The van der Waals surface area contributed by atoms with Crippen molar-refractivity contribution < 1.29 is 19.1 Å². The van der Waals surface area contributed by atoms with Crippen LogP contribution in [0.3, 0.4) is 0 Å². The van der Waals surface area contributed by atoms with Gasteiger partial charge in [-0.2, -0.15) is 0 Å². The normalized spacial score (nSPS) is 10.2. The van der Waals surface area contributed by atoms with Gasteiger partial charge in [0.25, 0.3) is 0 Å². The summed E-state index contributed by atoms with van der Waals surface area (Å²) in [4.78, 5) is 24.6. The lowest BCUT2D eigenvalue weighted by Crippen LogP contribution is -2.16. The Morgan fingerprint density at radius 3 is 2.65 bits per heavy atom. The largest absolute Gasteiger partial charge is 0.497 e. The van der Waals surface area contributed by atoms with Crippen LogP contribution in [-0.2, 0) is 9.53 Å². The van der Waals surface area contributed by atoms with Gasteiger partial charge < -0.3 is 14.8 Å². The van der Waals surface area contributed by atoms with Gasteiger partial charge in [-0.1, -0.05) is 18.2 Å². The van der Waals surface area contributed by atoms with E-state index < -0.39 is 5.97 Å². The Morgan fingerprint density at radius 1 is 1.31 bits per heavy atom. The summed E-state index contributed by atoms with van der Waals surface area (Å²) in [5, 5.41) is 5.17. The first kappa shape index (κ1) is 20.1. The number of ether oxygens (including phenoxy) is 2. The molecule has 5 nitrogen and oxygen atoms in total. The van der Waals surface area contributed by atoms with Crippen molar-refractivity contribution in [2.75, 3.05) is 30.5 Å². The number of carbonyl (C=O) groups excluding carboxylic acids is 2. The summed E-state index contributed by atoms with van der Waals surface area (Å²) in [6.45, 7) is 5.64. The molecule has 0 saturated carbocycles. The molecular weight excluding hydrogens is 370 g/mol. The van der Waals surface area contributed by atoms with Gasteiger partial charge in [0.15, 0.2) is 0 Å². The topological polar surface area (TPSA) is 64.6 Å². The van der Waals surface area contributed by atoms with Crippen molar-refractivity contribution in [3.63, 3.8) is 0 Å². The van der Waals surface area contributed by atoms with Crippen molar-refractivity contribution in [2.24, 2.45) is 0 Å². The van der Waals surface area contributed by atoms with Crippen molar-refractivity contribution in [3.05, 3.63) is 47.9 Å². The zero-order valence-corrected chi connectivity index (χ0v) is 16.4. The molecule has 0 atom stereocenters. The summed E-state index contributed by atoms with van der Waals surface area (Å²) < 4.78 is 10.4. The summed E-state index contributed by atoms with van der Waals surface area (Å²) in [7, 11) is 1.60. The molecular formula is C19H21NO4S2. The minimum Gasteiger partial charge on any atom is -0.497 e. The van der Waals surface area contributed by atoms with Crippen molar-refractivity contribution in [1.82, 2.24) is 0 Å². The first-order valence-electron chi connectivity index (χ1n) is 8.02. The monoisotopic (exact) mass is 391 g/mol. The van der Waals surface area contributed by atoms with Gasteiger partial charge in [0.05, 0.1) is 19.5 Å². The lowest BCUT2D eigenvalue weighted by molar-refractivity contribution is -0.113. The second-order valence-electron chi connectivity index (χ2n) is 5.15. The average Bonchev–Trinajstić information content (AvgIpc) is 3.05. The molecule has 0 spiro atoms. The van der Waals surface area contributed by atoms with E-state index in [1.54, 1.807) is 20.1 Å². The number of methoxy groups -OCH3 is 1. The van der Waals surface area contributed by atoms with Crippen LogP contribution in [0, 0.1) is 0 Å². The van der Waals surface area contributed by atoms with Crippen LogP contribution in [0.2, 0.25) is 0 Å². The molecule has 0 radical (unpaired) electrons. The van der Waals surface area contributed by atoms with Crippen LogP contribution < -0.4 is 10.1 Å². The number of carbonyl (C=O) groups is 2. The van der Waals surface area contributed by atoms with Crippen LogP contribution in [0.5, 0.6) is 5.75 Å². The number of rotatable bonds is 9. The minimum absolute atomic E-state index is 0.162. The molecule has 2 rings (SSSR count). The molecule has 0 bridgehead atoms. The summed E-state index contributed by atoms with van der Waals surface area (Å²) in [6, 6.07) is 7.39. The van der Waals surface area contributed by atoms with Crippen LogP contribution in [0.25, 0.3) is 11.1 Å². The maximum Gasteiger partial charge on any atom is 0.341 e. The van der Waals surface area contributed by atoms with E-state index in [0.717, 1.165) is 16.9 Å². The molecule has 1 N–H and O–H groups in total. The smallest absolute Gasteiger partial charge is 0.341 e. The highest BCUT2D eigenvalue weighted by molar-refractivity contribution is 8.00. The number of thioether (sulfide) groups is 1. The van der Waals surface area contributed by atoms with Crippen molar-refractivity contribution in [1.29, 1.82) is 0 Å². The number of nitrogens with one attached hydrogen (secondary N) is 1. The van der Waals surface area contributed by atoms with E-state index in [1.807, 2.05) is 29.6 Å². The fourth-order valence-electron chi connectivity index (χ4n) is 2.24. The Hall–Kier alpha value is -2.25. The number of anilines is 1. The van der Waals surface area contributed by atoms with Crippen molar-refractivity contribution in [3.8, 4) is 16.9 Å². The highest BCUT2D eigenvalue weighted by Crippen LogP contribution is 2.36. The fraction of sp³-hybridized carbons (Fsp3) is 0.263. The third kappa shape index (κ3) is 5.12. The van der Waals surface area contributed by atoms with Crippen molar-refractivity contribution >= 4 is 40.0 Å². The Bertz CT molecular complexity index is 768. The van der Waals surface area contributed by atoms with Crippen LogP contribution in [0.15, 0.2) is 42.3 Å². The number of esters is 1. The zero-order chi connectivity index (χ0) is 18.9.